The van der Waals surface area contributed by atoms with Crippen LogP contribution in [-0.4, -0.2) is 28.6 Å². The van der Waals surface area contributed by atoms with Crippen LogP contribution in [0.5, 0.6) is 5.75 Å². The molecule has 3 rings (SSSR count). The van der Waals surface area contributed by atoms with E-state index in [2.05, 4.69) is 5.32 Å². The SMILES string of the molecule is CC(Oc1cccc2ccccc12)C(=O)NC1(C(=O)O)CC1. The standard InChI is InChI=1S/C17H17NO4/c1-11(15(19)18-17(9-10-17)16(20)21)22-14-8-4-6-12-5-2-3-7-13(12)14/h2-8,11H,9-10H2,1H3,(H,18,19)(H,20,21). The van der Waals surface area contributed by atoms with E-state index in [4.69, 9.17) is 9.84 Å². The molecule has 0 aliphatic heterocycles. The largest absolute Gasteiger partial charge is 0.480 e. The molecule has 1 atom stereocenters. The quantitative estimate of drug-likeness (QED) is 0.888. The van der Waals surface area contributed by atoms with Crippen LogP contribution in [0.1, 0.15) is 19.8 Å². The van der Waals surface area contributed by atoms with Crippen molar-refractivity contribution in [3.63, 3.8) is 0 Å². The summed E-state index contributed by atoms with van der Waals surface area (Å²) in [4.78, 5) is 23.3. The van der Waals surface area contributed by atoms with E-state index in [-0.39, 0.29) is 0 Å². The highest BCUT2D eigenvalue weighted by atomic mass is 16.5. The van der Waals surface area contributed by atoms with Gasteiger partial charge in [0.05, 0.1) is 0 Å². The van der Waals surface area contributed by atoms with Crippen LogP contribution in [0.25, 0.3) is 10.8 Å². The second-order valence-corrected chi connectivity index (χ2v) is 5.61. The first-order chi connectivity index (χ1) is 10.5. The molecule has 0 radical (unpaired) electrons. The first-order valence-electron chi connectivity index (χ1n) is 7.22. The van der Waals surface area contributed by atoms with Crippen molar-refractivity contribution in [2.45, 2.75) is 31.4 Å². The fourth-order valence-electron chi connectivity index (χ4n) is 2.40. The molecule has 0 spiro atoms. The zero-order valence-electron chi connectivity index (χ0n) is 12.2. The number of aliphatic carboxylic acids is 1. The van der Waals surface area contributed by atoms with Gasteiger partial charge in [0.25, 0.3) is 5.91 Å². The average molecular weight is 299 g/mol. The molecule has 0 aromatic heterocycles. The number of amides is 1. The summed E-state index contributed by atoms with van der Waals surface area (Å²) >= 11 is 0. The Balaban J connectivity index is 1.74. The lowest BCUT2D eigenvalue weighted by Crippen LogP contribution is -2.48. The van der Waals surface area contributed by atoms with E-state index in [1.165, 1.54) is 0 Å². The first-order valence-corrected chi connectivity index (χ1v) is 7.22. The normalized spacial score (nSPS) is 16.8. The molecule has 1 aliphatic rings. The summed E-state index contributed by atoms with van der Waals surface area (Å²) < 4.78 is 5.74. The second kappa shape index (κ2) is 5.33. The molecule has 1 aliphatic carbocycles. The minimum absolute atomic E-state index is 0.409. The van der Waals surface area contributed by atoms with Crippen molar-refractivity contribution in [2.75, 3.05) is 0 Å². The van der Waals surface area contributed by atoms with E-state index in [0.717, 1.165) is 10.8 Å². The highest BCUT2D eigenvalue weighted by Crippen LogP contribution is 2.35. The number of benzene rings is 2. The second-order valence-electron chi connectivity index (χ2n) is 5.61. The molecule has 2 aromatic carbocycles. The van der Waals surface area contributed by atoms with Crippen LogP contribution in [0, 0.1) is 0 Å². The summed E-state index contributed by atoms with van der Waals surface area (Å²) in [7, 11) is 0. The van der Waals surface area contributed by atoms with E-state index in [1.54, 1.807) is 13.0 Å². The van der Waals surface area contributed by atoms with Gasteiger partial charge in [-0.25, -0.2) is 4.79 Å². The van der Waals surface area contributed by atoms with Gasteiger partial charge >= 0.3 is 5.97 Å². The maximum Gasteiger partial charge on any atom is 0.329 e. The van der Waals surface area contributed by atoms with Crippen molar-refractivity contribution in [3.8, 4) is 5.75 Å². The predicted octanol–water partition coefficient (Wildman–Crippen LogP) is 2.34. The van der Waals surface area contributed by atoms with Crippen molar-refractivity contribution >= 4 is 22.6 Å². The molecule has 0 saturated heterocycles. The summed E-state index contributed by atoms with van der Waals surface area (Å²) in [5, 5.41) is 13.6. The first kappa shape index (κ1) is 14.4. The number of carbonyl (C=O) groups is 2. The molecule has 5 nitrogen and oxygen atoms in total. The summed E-state index contributed by atoms with van der Waals surface area (Å²) in [5.74, 6) is -0.785. The smallest absolute Gasteiger partial charge is 0.329 e. The number of carboxylic acid groups (broad SMARTS) is 1. The maximum absolute atomic E-state index is 12.1. The number of hydrogen-bond donors (Lipinski definition) is 2. The topological polar surface area (TPSA) is 75.6 Å². The molecule has 0 bridgehead atoms. The predicted molar refractivity (Wildman–Crippen MR) is 81.8 cm³/mol. The molecule has 2 aromatic rings. The van der Waals surface area contributed by atoms with Gasteiger partial charge in [0.15, 0.2) is 6.10 Å². The molecule has 1 unspecified atom stereocenters. The molecular weight excluding hydrogens is 282 g/mol. The third-order valence-corrected chi connectivity index (χ3v) is 3.94. The average Bonchev–Trinajstić information content (AvgIpc) is 3.28. The van der Waals surface area contributed by atoms with Gasteiger partial charge in [-0.1, -0.05) is 36.4 Å². The van der Waals surface area contributed by atoms with Crippen molar-refractivity contribution in [3.05, 3.63) is 42.5 Å². The van der Waals surface area contributed by atoms with Crippen molar-refractivity contribution in [2.24, 2.45) is 0 Å². The van der Waals surface area contributed by atoms with Crippen molar-refractivity contribution in [1.82, 2.24) is 5.32 Å². The van der Waals surface area contributed by atoms with E-state index in [0.29, 0.717) is 18.6 Å². The monoisotopic (exact) mass is 299 g/mol. The van der Waals surface area contributed by atoms with Gasteiger partial charge < -0.3 is 15.2 Å². The number of hydrogen-bond acceptors (Lipinski definition) is 3. The van der Waals surface area contributed by atoms with Gasteiger partial charge in [0.1, 0.15) is 11.3 Å². The Morgan fingerprint density at radius 1 is 1.18 bits per heavy atom. The van der Waals surface area contributed by atoms with E-state index >= 15 is 0 Å². The van der Waals surface area contributed by atoms with E-state index in [9.17, 15) is 9.59 Å². The molecule has 2 N–H and O–H groups in total. The number of carbonyl (C=O) groups excluding carboxylic acids is 1. The van der Waals surface area contributed by atoms with Gasteiger partial charge in [-0.15, -0.1) is 0 Å². The van der Waals surface area contributed by atoms with Crippen LogP contribution in [0.15, 0.2) is 42.5 Å². The summed E-state index contributed by atoms with van der Waals surface area (Å²) in [5.41, 5.74) is -1.09. The minimum Gasteiger partial charge on any atom is -0.480 e. The zero-order chi connectivity index (χ0) is 15.7. The lowest BCUT2D eigenvalue weighted by atomic mass is 10.1. The molecule has 0 heterocycles. The molecule has 1 amide bonds. The fourth-order valence-corrected chi connectivity index (χ4v) is 2.40. The molecule has 5 heteroatoms. The Morgan fingerprint density at radius 3 is 2.55 bits per heavy atom. The Hall–Kier alpha value is -2.56. The van der Waals surface area contributed by atoms with Crippen LogP contribution < -0.4 is 10.1 Å². The van der Waals surface area contributed by atoms with Crippen LogP contribution >= 0.6 is 0 Å². The molecule has 114 valence electrons. The van der Waals surface area contributed by atoms with Crippen LogP contribution in [-0.2, 0) is 9.59 Å². The highest BCUT2D eigenvalue weighted by molar-refractivity contribution is 5.92. The molecule has 1 fully saturated rings. The van der Waals surface area contributed by atoms with Crippen LogP contribution in [0.2, 0.25) is 0 Å². The third kappa shape index (κ3) is 2.62. The molecule has 22 heavy (non-hydrogen) atoms. The van der Waals surface area contributed by atoms with E-state index in [1.807, 2.05) is 36.4 Å². The highest BCUT2D eigenvalue weighted by Gasteiger charge is 2.52. The van der Waals surface area contributed by atoms with Crippen LogP contribution in [0.4, 0.5) is 0 Å². The Morgan fingerprint density at radius 2 is 1.86 bits per heavy atom. The van der Waals surface area contributed by atoms with Gasteiger partial charge in [-0.3, -0.25) is 4.79 Å². The molecular formula is C17H17NO4. The van der Waals surface area contributed by atoms with Gasteiger partial charge in [0, 0.05) is 5.39 Å². The summed E-state index contributed by atoms with van der Waals surface area (Å²) in [6.45, 7) is 1.62. The molecule has 1 saturated carbocycles. The third-order valence-electron chi connectivity index (χ3n) is 3.94. The fraction of sp³-hybridized carbons (Fsp3) is 0.294. The lowest BCUT2D eigenvalue weighted by molar-refractivity contribution is -0.144. The summed E-state index contributed by atoms with van der Waals surface area (Å²) in [6, 6.07) is 13.4. The van der Waals surface area contributed by atoms with Crippen molar-refractivity contribution in [1.29, 1.82) is 0 Å². The van der Waals surface area contributed by atoms with Gasteiger partial charge in [-0.05, 0) is 31.2 Å². The van der Waals surface area contributed by atoms with Crippen molar-refractivity contribution < 1.29 is 19.4 Å². The zero-order valence-corrected chi connectivity index (χ0v) is 12.2. The number of rotatable bonds is 5. The lowest BCUT2D eigenvalue weighted by Gasteiger charge is -2.19. The van der Waals surface area contributed by atoms with Gasteiger partial charge in [-0.2, -0.15) is 0 Å². The number of fused-ring (bicyclic) bond motifs is 1. The Kier molecular flexibility index (Phi) is 3.48. The minimum atomic E-state index is -1.09. The van der Waals surface area contributed by atoms with E-state index < -0.39 is 23.5 Å². The number of nitrogens with one attached hydrogen (secondary N) is 1. The maximum atomic E-state index is 12.1. The van der Waals surface area contributed by atoms with Gasteiger partial charge in [0.2, 0.25) is 0 Å². The number of carboxylic acids is 1. The summed E-state index contributed by atoms with van der Waals surface area (Å²) in [6.07, 6.45) is 0.173. The Bertz CT molecular complexity index is 731. The Labute approximate surface area is 127 Å². The number of ether oxygens (including phenoxy) is 1. The van der Waals surface area contributed by atoms with Crippen LogP contribution in [0.3, 0.4) is 0 Å².